The SMILES string of the molecule is CC1CC(N)CN(c2nn(C)cc2[N+](=O)[O-])C1. The predicted octanol–water partition coefficient (Wildman–Crippen LogP) is 0.502. The molecule has 7 nitrogen and oxygen atoms in total. The van der Waals surface area contributed by atoms with Gasteiger partial charge in [-0.3, -0.25) is 14.8 Å². The third-order valence-corrected chi connectivity index (χ3v) is 2.98. The standard InChI is InChI=1S/C10H17N5O2/c1-7-3-8(11)5-14(4-7)10-9(15(16)17)6-13(2)12-10/h6-8H,3-5,11H2,1-2H3. The Morgan fingerprint density at radius 3 is 2.88 bits per heavy atom. The van der Waals surface area contributed by atoms with E-state index in [0.717, 1.165) is 13.0 Å². The van der Waals surface area contributed by atoms with Crippen LogP contribution in [0.5, 0.6) is 0 Å². The van der Waals surface area contributed by atoms with Crippen molar-refractivity contribution in [2.45, 2.75) is 19.4 Å². The fraction of sp³-hybridized carbons (Fsp3) is 0.700. The van der Waals surface area contributed by atoms with Crippen LogP contribution in [0.3, 0.4) is 0 Å². The van der Waals surface area contributed by atoms with Crippen molar-refractivity contribution in [1.82, 2.24) is 9.78 Å². The molecule has 0 bridgehead atoms. The van der Waals surface area contributed by atoms with Crippen LogP contribution in [0, 0.1) is 16.0 Å². The van der Waals surface area contributed by atoms with Gasteiger partial charge in [-0.1, -0.05) is 6.92 Å². The highest BCUT2D eigenvalue weighted by molar-refractivity contribution is 5.57. The minimum absolute atomic E-state index is 0.0498. The Labute approximate surface area is 99.3 Å². The van der Waals surface area contributed by atoms with Gasteiger partial charge in [0.05, 0.1) is 4.92 Å². The smallest absolute Gasteiger partial charge is 0.330 e. The number of nitro groups is 1. The van der Waals surface area contributed by atoms with E-state index in [-0.39, 0.29) is 11.7 Å². The average molecular weight is 239 g/mol. The van der Waals surface area contributed by atoms with Crippen LogP contribution in [-0.4, -0.2) is 33.8 Å². The second-order valence-electron chi connectivity index (χ2n) is 4.77. The summed E-state index contributed by atoms with van der Waals surface area (Å²) in [5, 5.41) is 15.1. The number of piperidine rings is 1. The van der Waals surface area contributed by atoms with Gasteiger partial charge in [-0.05, 0) is 12.3 Å². The van der Waals surface area contributed by atoms with Gasteiger partial charge in [0.15, 0.2) is 0 Å². The van der Waals surface area contributed by atoms with Crippen molar-refractivity contribution in [3.8, 4) is 0 Å². The van der Waals surface area contributed by atoms with Crippen LogP contribution in [0.4, 0.5) is 11.5 Å². The highest BCUT2D eigenvalue weighted by Crippen LogP contribution is 2.29. The number of nitrogens with two attached hydrogens (primary N) is 1. The Hall–Kier alpha value is -1.63. The second kappa shape index (κ2) is 4.33. The summed E-state index contributed by atoms with van der Waals surface area (Å²) in [5.74, 6) is 0.861. The van der Waals surface area contributed by atoms with Gasteiger partial charge in [-0.15, -0.1) is 5.10 Å². The van der Waals surface area contributed by atoms with Crippen LogP contribution in [0.25, 0.3) is 0 Å². The van der Waals surface area contributed by atoms with E-state index in [0.29, 0.717) is 18.3 Å². The lowest BCUT2D eigenvalue weighted by atomic mass is 9.97. The first-order chi connectivity index (χ1) is 7.97. The monoisotopic (exact) mass is 239 g/mol. The molecule has 2 atom stereocenters. The van der Waals surface area contributed by atoms with E-state index < -0.39 is 4.92 Å². The van der Waals surface area contributed by atoms with Gasteiger partial charge < -0.3 is 10.6 Å². The maximum Gasteiger partial charge on any atom is 0.330 e. The molecular formula is C10H17N5O2. The van der Waals surface area contributed by atoms with E-state index in [1.165, 1.54) is 10.9 Å². The highest BCUT2D eigenvalue weighted by atomic mass is 16.6. The summed E-state index contributed by atoms with van der Waals surface area (Å²) in [6.07, 6.45) is 2.39. The molecule has 1 aliphatic rings. The van der Waals surface area contributed by atoms with E-state index in [4.69, 9.17) is 5.73 Å². The van der Waals surface area contributed by atoms with Crippen LogP contribution in [-0.2, 0) is 7.05 Å². The molecule has 0 aromatic carbocycles. The van der Waals surface area contributed by atoms with Crippen LogP contribution >= 0.6 is 0 Å². The fourth-order valence-corrected chi connectivity index (χ4v) is 2.39. The number of nitrogens with zero attached hydrogens (tertiary/aromatic N) is 4. The quantitative estimate of drug-likeness (QED) is 0.599. The normalized spacial score (nSPS) is 25.0. The summed E-state index contributed by atoms with van der Waals surface area (Å²) in [7, 11) is 1.68. The molecule has 0 aliphatic carbocycles. The zero-order valence-electron chi connectivity index (χ0n) is 10.0. The van der Waals surface area contributed by atoms with Gasteiger partial charge in [-0.2, -0.15) is 0 Å². The number of anilines is 1. The van der Waals surface area contributed by atoms with Crippen molar-refractivity contribution in [3.63, 3.8) is 0 Å². The van der Waals surface area contributed by atoms with Crippen molar-refractivity contribution in [2.24, 2.45) is 18.7 Å². The number of hydrogen-bond acceptors (Lipinski definition) is 5. The van der Waals surface area contributed by atoms with Gasteiger partial charge in [-0.25, -0.2) is 0 Å². The summed E-state index contributed by atoms with van der Waals surface area (Å²) >= 11 is 0. The summed E-state index contributed by atoms with van der Waals surface area (Å²) in [6.45, 7) is 3.49. The number of hydrogen-bond donors (Lipinski definition) is 1. The van der Waals surface area contributed by atoms with Gasteiger partial charge >= 0.3 is 5.69 Å². The van der Waals surface area contributed by atoms with Crippen molar-refractivity contribution < 1.29 is 4.92 Å². The van der Waals surface area contributed by atoms with E-state index in [9.17, 15) is 10.1 Å². The molecular weight excluding hydrogens is 222 g/mol. The maximum atomic E-state index is 10.9. The first-order valence-electron chi connectivity index (χ1n) is 5.66. The Bertz CT molecular complexity index is 420. The Morgan fingerprint density at radius 1 is 1.59 bits per heavy atom. The molecule has 1 fully saturated rings. The summed E-state index contributed by atoms with van der Waals surface area (Å²) in [5.41, 5.74) is 5.99. The van der Waals surface area contributed by atoms with Gasteiger partial charge in [0.1, 0.15) is 6.20 Å². The molecule has 0 saturated carbocycles. The molecule has 0 amide bonds. The molecule has 7 heteroatoms. The molecule has 94 valence electrons. The summed E-state index contributed by atoms with van der Waals surface area (Å²) in [6, 6.07) is 0.0559. The third-order valence-electron chi connectivity index (χ3n) is 2.98. The topological polar surface area (TPSA) is 90.2 Å². The third kappa shape index (κ3) is 2.38. The van der Waals surface area contributed by atoms with Crippen LogP contribution in [0.2, 0.25) is 0 Å². The Morgan fingerprint density at radius 2 is 2.29 bits per heavy atom. The lowest BCUT2D eigenvalue weighted by Crippen LogP contribution is -2.46. The summed E-state index contributed by atoms with van der Waals surface area (Å²) in [4.78, 5) is 12.5. The lowest BCUT2D eigenvalue weighted by Gasteiger charge is -2.34. The van der Waals surface area contributed by atoms with Crippen LogP contribution in [0.1, 0.15) is 13.3 Å². The zero-order chi connectivity index (χ0) is 12.6. The molecule has 2 N–H and O–H groups in total. The Balaban J connectivity index is 2.29. The van der Waals surface area contributed by atoms with Crippen molar-refractivity contribution >= 4 is 11.5 Å². The average Bonchev–Trinajstić information content (AvgIpc) is 2.59. The predicted molar refractivity (Wildman–Crippen MR) is 63.8 cm³/mol. The van der Waals surface area contributed by atoms with Gasteiger partial charge in [0, 0.05) is 26.2 Å². The number of rotatable bonds is 2. The largest absolute Gasteiger partial charge is 0.348 e. The van der Waals surface area contributed by atoms with E-state index >= 15 is 0 Å². The zero-order valence-corrected chi connectivity index (χ0v) is 10.0. The number of aryl methyl sites for hydroxylation is 1. The molecule has 0 radical (unpaired) electrons. The van der Waals surface area contributed by atoms with Gasteiger partial charge in [0.2, 0.25) is 5.82 Å². The first-order valence-corrected chi connectivity index (χ1v) is 5.66. The molecule has 1 aliphatic heterocycles. The van der Waals surface area contributed by atoms with Gasteiger partial charge in [0.25, 0.3) is 0 Å². The molecule has 1 aromatic rings. The van der Waals surface area contributed by atoms with E-state index in [1.807, 2.05) is 4.90 Å². The van der Waals surface area contributed by atoms with E-state index in [2.05, 4.69) is 12.0 Å². The molecule has 1 saturated heterocycles. The number of aromatic nitrogens is 2. The molecule has 0 spiro atoms. The first kappa shape index (κ1) is 11.8. The van der Waals surface area contributed by atoms with Crippen molar-refractivity contribution in [1.29, 1.82) is 0 Å². The maximum absolute atomic E-state index is 10.9. The lowest BCUT2D eigenvalue weighted by molar-refractivity contribution is -0.384. The second-order valence-corrected chi connectivity index (χ2v) is 4.77. The molecule has 2 unspecified atom stereocenters. The van der Waals surface area contributed by atoms with Crippen molar-refractivity contribution in [2.75, 3.05) is 18.0 Å². The van der Waals surface area contributed by atoms with Crippen LogP contribution < -0.4 is 10.6 Å². The van der Waals surface area contributed by atoms with Crippen LogP contribution in [0.15, 0.2) is 6.20 Å². The summed E-state index contributed by atoms with van der Waals surface area (Å²) < 4.78 is 1.47. The molecule has 17 heavy (non-hydrogen) atoms. The highest BCUT2D eigenvalue weighted by Gasteiger charge is 2.29. The molecule has 1 aromatic heterocycles. The molecule has 2 rings (SSSR count). The fourth-order valence-electron chi connectivity index (χ4n) is 2.39. The van der Waals surface area contributed by atoms with Crippen molar-refractivity contribution in [3.05, 3.63) is 16.3 Å². The minimum Gasteiger partial charge on any atom is -0.348 e. The molecule has 2 heterocycles. The Kier molecular flexibility index (Phi) is 3.01. The minimum atomic E-state index is -0.396. The van der Waals surface area contributed by atoms with E-state index in [1.54, 1.807) is 7.05 Å².